The van der Waals surface area contributed by atoms with Crippen LogP contribution in [-0.4, -0.2) is 39.3 Å². The number of rotatable bonds is 10. The number of hydrogen-bond acceptors (Lipinski definition) is 7. The van der Waals surface area contributed by atoms with E-state index in [-0.39, 0.29) is 35.9 Å². The van der Waals surface area contributed by atoms with Gasteiger partial charge in [-0.05, 0) is 53.9 Å². The van der Waals surface area contributed by atoms with Crippen LogP contribution in [0.2, 0.25) is 0 Å². The number of aromatic amines is 1. The van der Waals surface area contributed by atoms with E-state index in [9.17, 15) is 21.6 Å². The van der Waals surface area contributed by atoms with Gasteiger partial charge in [-0.25, -0.2) is 27.2 Å². The SMILES string of the molecule is O=C1CN(c2ccc(C[C@H](NS(=O)(=O)c3ccccc3)c3nc4ccccc4[nH]3)cc2OCc2ccccc2)S(=O)(=O)N1. The Morgan fingerprint density at radius 3 is 2.30 bits per heavy atom. The predicted molar refractivity (Wildman–Crippen MR) is 161 cm³/mol. The van der Waals surface area contributed by atoms with Crippen molar-refractivity contribution in [1.82, 2.24) is 19.4 Å². The van der Waals surface area contributed by atoms with Gasteiger partial charge in [-0.2, -0.15) is 8.42 Å². The second-order valence-electron chi connectivity index (χ2n) is 9.94. The summed E-state index contributed by atoms with van der Waals surface area (Å²) in [7, 11) is -8.03. The Labute approximate surface area is 248 Å². The summed E-state index contributed by atoms with van der Waals surface area (Å²) in [6, 6.07) is 28.8. The van der Waals surface area contributed by atoms with Crippen molar-refractivity contribution in [3.8, 4) is 5.75 Å². The molecular weight excluding hydrogens is 590 g/mol. The number of ether oxygens (including phenoxy) is 1. The number of amides is 1. The van der Waals surface area contributed by atoms with Gasteiger partial charge in [-0.3, -0.25) is 4.79 Å². The maximum absolute atomic E-state index is 13.4. The first-order valence-corrected chi connectivity index (χ1v) is 16.3. The van der Waals surface area contributed by atoms with Gasteiger partial charge >= 0.3 is 10.2 Å². The van der Waals surface area contributed by atoms with E-state index < -0.39 is 32.2 Å². The standard InChI is InChI=1S/C30H27N5O6S2/c36-29-19-35(43(39,40)34-29)27-16-15-22(18-28(27)41-20-21-9-3-1-4-10-21)17-26(30-31-24-13-7-8-14-25(24)32-30)33-42(37,38)23-11-5-2-6-12-23/h1-16,18,26,33H,17,19-20H2,(H,31,32)(H,34,36)/t26-/m0/s1. The largest absolute Gasteiger partial charge is 0.487 e. The summed E-state index contributed by atoms with van der Waals surface area (Å²) < 4.78 is 63.9. The molecule has 1 aliphatic rings. The number of anilines is 1. The number of fused-ring (bicyclic) bond motifs is 1. The first-order chi connectivity index (χ1) is 20.7. The number of carbonyl (C=O) groups is 1. The molecule has 2 heterocycles. The summed E-state index contributed by atoms with van der Waals surface area (Å²) in [6.45, 7) is -0.248. The quantitative estimate of drug-likeness (QED) is 0.217. The highest BCUT2D eigenvalue weighted by atomic mass is 32.2. The van der Waals surface area contributed by atoms with Crippen LogP contribution in [0.15, 0.2) is 108 Å². The van der Waals surface area contributed by atoms with Crippen LogP contribution in [-0.2, 0) is 38.1 Å². The smallest absolute Gasteiger partial charge is 0.326 e. The van der Waals surface area contributed by atoms with E-state index >= 15 is 0 Å². The first-order valence-electron chi connectivity index (χ1n) is 13.3. The van der Waals surface area contributed by atoms with Crippen LogP contribution in [0.3, 0.4) is 0 Å². The molecule has 3 N–H and O–H groups in total. The molecule has 5 aromatic rings. The molecular formula is C30H27N5O6S2. The zero-order valence-corrected chi connectivity index (χ0v) is 24.3. The van der Waals surface area contributed by atoms with Gasteiger partial charge < -0.3 is 9.72 Å². The molecule has 1 amide bonds. The van der Waals surface area contributed by atoms with Crippen LogP contribution in [0.25, 0.3) is 11.0 Å². The second kappa shape index (κ2) is 11.5. The number of benzene rings is 4. The molecule has 1 atom stereocenters. The molecule has 6 rings (SSSR count). The molecule has 0 unspecified atom stereocenters. The van der Waals surface area contributed by atoms with E-state index in [1.54, 1.807) is 36.4 Å². The molecule has 220 valence electrons. The topological polar surface area (TPSA) is 151 Å². The fourth-order valence-electron chi connectivity index (χ4n) is 4.83. The molecule has 1 aromatic heterocycles. The van der Waals surface area contributed by atoms with Crippen molar-refractivity contribution in [1.29, 1.82) is 0 Å². The van der Waals surface area contributed by atoms with E-state index in [4.69, 9.17) is 4.74 Å². The molecule has 1 aliphatic heterocycles. The molecule has 13 heteroatoms. The van der Waals surface area contributed by atoms with Gasteiger partial charge in [0.1, 0.15) is 24.7 Å². The average Bonchev–Trinajstić information content (AvgIpc) is 3.56. The zero-order chi connectivity index (χ0) is 30.0. The monoisotopic (exact) mass is 617 g/mol. The lowest BCUT2D eigenvalue weighted by Crippen LogP contribution is -2.31. The van der Waals surface area contributed by atoms with Crippen LogP contribution in [0.1, 0.15) is 23.0 Å². The lowest BCUT2D eigenvalue weighted by molar-refractivity contribution is -0.117. The van der Waals surface area contributed by atoms with Gasteiger partial charge in [-0.1, -0.05) is 66.7 Å². The minimum absolute atomic E-state index is 0.106. The van der Waals surface area contributed by atoms with Crippen LogP contribution in [0.5, 0.6) is 5.75 Å². The van der Waals surface area contributed by atoms with E-state index in [0.29, 0.717) is 16.9 Å². The average molecular weight is 618 g/mol. The number of imidazole rings is 1. The minimum atomic E-state index is -4.10. The van der Waals surface area contributed by atoms with Gasteiger partial charge in [0.15, 0.2) is 0 Å². The molecule has 1 fully saturated rings. The molecule has 4 aromatic carbocycles. The highest BCUT2D eigenvalue weighted by Gasteiger charge is 2.36. The van der Waals surface area contributed by atoms with Crippen LogP contribution < -0.4 is 18.5 Å². The maximum atomic E-state index is 13.4. The van der Waals surface area contributed by atoms with Crippen LogP contribution in [0, 0.1) is 0 Å². The van der Waals surface area contributed by atoms with Gasteiger partial charge in [0.2, 0.25) is 10.0 Å². The van der Waals surface area contributed by atoms with E-state index in [1.165, 1.54) is 12.1 Å². The molecule has 1 saturated heterocycles. The van der Waals surface area contributed by atoms with Crippen LogP contribution in [0.4, 0.5) is 5.69 Å². The van der Waals surface area contributed by atoms with Crippen molar-refractivity contribution in [3.63, 3.8) is 0 Å². The minimum Gasteiger partial charge on any atom is -0.487 e. The van der Waals surface area contributed by atoms with Crippen LogP contribution >= 0.6 is 0 Å². The van der Waals surface area contributed by atoms with E-state index in [1.807, 2.05) is 59.3 Å². The molecule has 43 heavy (non-hydrogen) atoms. The number of para-hydroxylation sites is 2. The summed E-state index contributed by atoms with van der Waals surface area (Å²) in [5.74, 6) is -0.0255. The van der Waals surface area contributed by atoms with Gasteiger partial charge in [0, 0.05) is 0 Å². The van der Waals surface area contributed by atoms with E-state index in [2.05, 4.69) is 14.7 Å². The second-order valence-corrected chi connectivity index (χ2v) is 13.3. The number of sulfonamides is 1. The third-order valence-electron chi connectivity index (χ3n) is 6.88. The molecule has 0 aliphatic carbocycles. The van der Waals surface area contributed by atoms with Crippen molar-refractivity contribution < 1.29 is 26.4 Å². The Morgan fingerprint density at radius 2 is 1.60 bits per heavy atom. The first kappa shape index (κ1) is 28.4. The fourth-order valence-corrected chi connectivity index (χ4v) is 7.21. The maximum Gasteiger partial charge on any atom is 0.326 e. The lowest BCUT2D eigenvalue weighted by atomic mass is 10.0. The normalized spacial score (nSPS) is 15.3. The van der Waals surface area contributed by atoms with Crippen molar-refractivity contribution in [2.75, 3.05) is 10.8 Å². The molecule has 0 saturated carbocycles. The van der Waals surface area contributed by atoms with Gasteiger partial charge in [0.05, 0.1) is 27.7 Å². The molecule has 11 nitrogen and oxygen atoms in total. The number of carbonyl (C=O) groups excluding carboxylic acids is 1. The number of nitrogens with one attached hydrogen (secondary N) is 3. The summed E-state index contributed by atoms with van der Waals surface area (Å²) in [5, 5.41) is 0. The fraction of sp³-hybridized carbons (Fsp3) is 0.133. The number of nitrogens with zero attached hydrogens (tertiary/aromatic N) is 2. The highest BCUT2D eigenvalue weighted by molar-refractivity contribution is 7.92. The summed E-state index contributed by atoms with van der Waals surface area (Å²) >= 11 is 0. The Hall–Kier alpha value is -4.72. The summed E-state index contributed by atoms with van der Waals surface area (Å²) in [5.41, 5.74) is 3.11. The molecule has 0 bridgehead atoms. The molecule has 0 radical (unpaired) electrons. The molecule has 0 spiro atoms. The Bertz CT molecular complexity index is 1970. The summed E-state index contributed by atoms with van der Waals surface area (Å²) in [6.07, 6.45) is 0.151. The Morgan fingerprint density at radius 1 is 0.907 bits per heavy atom. The highest BCUT2D eigenvalue weighted by Crippen LogP contribution is 2.34. The third-order valence-corrected chi connectivity index (χ3v) is 9.76. The third kappa shape index (κ3) is 6.23. The predicted octanol–water partition coefficient (Wildman–Crippen LogP) is 3.59. The number of aromatic nitrogens is 2. The van der Waals surface area contributed by atoms with Crippen molar-refractivity contribution in [2.24, 2.45) is 0 Å². The number of H-pyrrole nitrogens is 1. The number of hydrogen-bond donors (Lipinski definition) is 3. The van der Waals surface area contributed by atoms with Crippen molar-refractivity contribution in [2.45, 2.75) is 24.0 Å². The van der Waals surface area contributed by atoms with Crippen molar-refractivity contribution in [3.05, 3.63) is 120 Å². The Kier molecular flexibility index (Phi) is 7.61. The van der Waals surface area contributed by atoms with E-state index in [0.717, 1.165) is 15.4 Å². The zero-order valence-electron chi connectivity index (χ0n) is 22.7. The van der Waals surface area contributed by atoms with Gasteiger partial charge in [-0.15, -0.1) is 0 Å². The van der Waals surface area contributed by atoms with Crippen molar-refractivity contribution >= 4 is 42.9 Å². The van der Waals surface area contributed by atoms with Gasteiger partial charge in [0.25, 0.3) is 5.91 Å². The lowest BCUT2D eigenvalue weighted by Gasteiger charge is -2.21. The Balaban J connectivity index is 1.38. The summed E-state index contributed by atoms with van der Waals surface area (Å²) in [4.78, 5) is 20.0.